The van der Waals surface area contributed by atoms with Gasteiger partial charge in [-0.1, -0.05) is 0 Å². The molecule has 0 atom stereocenters. The second kappa shape index (κ2) is 1.53. The Morgan fingerprint density at radius 2 is 2.33 bits per heavy atom. The minimum atomic E-state index is 0.774. The van der Waals surface area contributed by atoms with E-state index in [1.165, 1.54) is 18.4 Å². The number of aromatic amines is 1. The van der Waals surface area contributed by atoms with Gasteiger partial charge in [0.1, 0.15) is 5.82 Å². The molecular formula is C7H10N2. The van der Waals surface area contributed by atoms with Crippen LogP contribution >= 0.6 is 0 Å². The summed E-state index contributed by atoms with van der Waals surface area (Å²) in [6.45, 7) is 0. The first-order valence-corrected chi connectivity index (χ1v) is 3.30. The second-order valence-corrected chi connectivity index (χ2v) is 2.62. The summed E-state index contributed by atoms with van der Waals surface area (Å²) >= 11 is 0. The van der Waals surface area contributed by atoms with Gasteiger partial charge in [-0.25, -0.2) is 0 Å². The lowest BCUT2D eigenvalue weighted by molar-refractivity contribution is 1.14. The van der Waals surface area contributed by atoms with Crippen LogP contribution < -0.4 is 5.73 Å². The van der Waals surface area contributed by atoms with Crippen LogP contribution in [0.1, 0.15) is 24.3 Å². The number of nitrogens with one attached hydrogen (secondary N) is 1. The molecule has 2 heteroatoms. The number of hydrogen-bond acceptors (Lipinski definition) is 1. The van der Waals surface area contributed by atoms with Gasteiger partial charge < -0.3 is 10.7 Å². The summed E-state index contributed by atoms with van der Waals surface area (Å²) in [5.41, 5.74) is 6.94. The molecule has 9 heavy (non-hydrogen) atoms. The van der Waals surface area contributed by atoms with Crippen molar-refractivity contribution < 1.29 is 0 Å². The third kappa shape index (κ3) is 0.707. The molecule has 1 aromatic heterocycles. The van der Waals surface area contributed by atoms with Crippen LogP contribution in [-0.4, -0.2) is 4.98 Å². The van der Waals surface area contributed by atoms with Crippen LogP contribution in [0.5, 0.6) is 0 Å². The Labute approximate surface area is 54.1 Å². The summed E-state index contributed by atoms with van der Waals surface area (Å²) in [7, 11) is 0. The van der Waals surface area contributed by atoms with E-state index in [9.17, 15) is 0 Å². The van der Waals surface area contributed by atoms with Crippen molar-refractivity contribution in [2.24, 2.45) is 0 Å². The Kier molecular flexibility index (Phi) is 0.835. The third-order valence-corrected chi connectivity index (χ3v) is 1.83. The lowest BCUT2D eigenvalue weighted by atomic mass is 10.2. The van der Waals surface area contributed by atoms with Crippen molar-refractivity contribution in [2.45, 2.75) is 18.8 Å². The maximum Gasteiger partial charge on any atom is 0.104 e. The summed E-state index contributed by atoms with van der Waals surface area (Å²) in [5.74, 6) is 1.63. The van der Waals surface area contributed by atoms with E-state index in [1.807, 2.05) is 6.20 Å². The molecular weight excluding hydrogens is 112 g/mol. The van der Waals surface area contributed by atoms with Crippen LogP contribution in [0.3, 0.4) is 0 Å². The maximum absolute atomic E-state index is 5.63. The van der Waals surface area contributed by atoms with E-state index in [4.69, 9.17) is 5.73 Å². The summed E-state index contributed by atoms with van der Waals surface area (Å²) in [6.07, 6.45) is 4.55. The standard InChI is InChI=1S/C7H10N2/c8-7-6(3-4-9-7)5-1-2-5/h3-5,9H,1-2,8H2. The molecule has 3 N–H and O–H groups in total. The van der Waals surface area contributed by atoms with Crippen LogP contribution in [0.2, 0.25) is 0 Å². The number of nitrogens with two attached hydrogens (primary N) is 1. The van der Waals surface area contributed by atoms with Gasteiger partial charge in [-0.3, -0.25) is 0 Å². The molecule has 2 nitrogen and oxygen atoms in total. The van der Waals surface area contributed by atoms with Crippen molar-refractivity contribution in [1.29, 1.82) is 0 Å². The lowest BCUT2D eigenvalue weighted by Gasteiger charge is -1.91. The van der Waals surface area contributed by atoms with Gasteiger partial charge in [0.15, 0.2) is 0 Å². The molecule has 1 aliphatic rings. The molecule has 1 heterocycles. The molecule has 1 saturated carbocycles. The van der Waals surface area contributed by atoms with Crippen molar-refractivity contribution in [2.75, 3.05) is 5.73 Å². The molecule has 0 unspecified atom stereocenters. The fraction of sp³-hybridized carbons (Fsp3) is 0.429. The maximum atomic E-state index is 5.63. The van der Waals surface area contributed by atoms with Crippen molar-refractivity contribution >= 4 is 5.82 Å². The molecule has 0 aromatic carbocycles. The third-order valence-electron chi connectivity index (χ3n) is 1.83. The highest BCUT2D eigenvalue weighted by Gasteiger charge is 2.25. The zero-order chi connectivity index (χ0) is 6.27. The van der Waals surface area contributed by atoms with E-state index < -0.39 is 0 Å². The van der Waals surface area contributed by atoms with E-state index in [-0.39, 0.29) is 0 Å². The molecule has 0 spiro atoms. The van der Waals surface area contributed by atoms with E-state index in [2.05, 4.69) is 11.1 Å². The predicted octanol–water partition coefficient (Wildman–Crippen LogP) is 1.47. The smallest absolute Gasteiger partial charge is 0.104 e. The van der Waals surface area contributed by atoms with E-state index in [0.29, 0.717) is 0 Å². The average Bonchev–Trinajstić information content (AvgIpc) is 2.58. The first kappa shape index (κ1) is 4.91. The van der Waals surface area contributed by atoms with Gasteiger partial charge >= 0.3 is 0 Å². The highest BCUT2D eigenvalue weighted by Crippen LogP contribution is 2.42. The largest absolute Gasteiger partial charge is 0.385 e. The molecule has 0 aliphatic heterocycles. The van der Waals surface area contributed by atoms with Crippen molar-refractivity contribution in [3.63, 3.8) is 0 Å². The Bertz CT molecular complexity index is 210. The minimum Gasteiger partial charge on any atom is -0.385 e. The van der Waals surface area contributed by atoms with Gasteiger partial charge in [0.2, 0.25) is 0 Å². The van der Waals surface area contributed by atoms with Crippen LogP contribution in [0.25, 0.3) is 0 Å². The highest BCUT2D eigenvalue weighted by molar-refractivity contribution is 5.44. The van der Waals surface area contributed by atoms with E-state index in [0.717, 1.165) is 11.7 Å². The first-order chi connectivity index (χ1) is 4.38. The molecule has 0 radical (unpaired) electrons. The minimum absolute atomic E-state index is 0.774. The van der Waals surface area contributed by atoms with Crippen LogP contribution in [-0.2, 0) is 0 Å². The van der Waals surface area contributed by atoms with E-state index >= 15 is 0 Å². The van der Waals surface area contributed by atoms with Gasteiger partial charge in [0.25, 0.3) is 0 Å². The highest BCUT2D eigenvalue weighted by atomic mass is 14.8. The number of rotatable bonds is 1. The molecule has 1 aromatic rings. The molecule has 1 fully saturated rings. The van der Waals surface area contributed by atoms with Crippen LogP contribution in [0, 0.1) is 0 Å². The monoisotopic (exact) mass is 122 g/mol. The fourth-order valence-corrected chi connectivity index (χ4v) is 1.14. The van der Waals surface area contributed by atoms with Gasteiger partial charge in [0.05, 0.1) is 0 Å². The molecule has 1 aliphatic carbocycles. The van der Waals surface area contributed by atoms with Gasteiger partial charge in [-0.05, 0) is 30.4 Å². The average molecular weight is 122 g/mol. The summed E-state index contributed by atoms with van der Waals surface area (Å²) < 4.78 is 0. The van der Waals surface area contributed by atoms with E-state index in [1.54, 1.807) is 0 Å². The normalized spacial score (nSPS) is 18.2. The van der Waals surface area contributed by atoms with Gasteiger partial charge in [-0.2, -0.15) is 0 Å². The Hall–Kier alpha value is -0.920. The van der Waals surface area contributed by atoms with Crippen LogP contribution in [0.15, 0.2) is 12.3 Å². The van der Waals surface area contributed by atoms with Crippen molar-refractivity contribution in [3.8, 4) is 0 Å². The van der Waals surface area contributed by atoms with Crippen molar-refractivity contribution in [3.05, 3.63) is 17.8 Å². The summed E-state index contributed by atoms with van der Waals surface area (Å²) in [5, 5.41) is 0. The SMILES string of the molecule is Nc1[nH]ccc1C1CC1. The topological polar surface area (TPSA) is 41.8 Å². The summed E-state index contributed by atoms with van der Waals surface area (Å²) in [4.78, 5) is 2.97. The zero-order valence-electron chi connectivity index (χ0n) is 5.22. The number of hydrogen-bond donors (Lipinski definition) is 2. The fourth-order valence-electron chi connectivity index (χ4n) is 1.14. The number of aromatic nitrogens is 1. The molecule has 48 valence electrons. The van der Waals surface area contributed by atoms with Gasteiger partial charge in [-0.15, -0.1) is 0 Å². The number of nitrogen functional groups attached to an aromatic ring is 1. The van der Waals surface area contributed by atoms with Crippen LogP contribution in [0.4, 0.5) is 5.82 Å². The molecule has 0 bridgehead atoms. The Balaban J connectivity index is 2.35. The molecule has 2 rings (SSSR count). The quantitative estimate of drug-likeness (QED) is 0.582. The number of anilines is 1. The first-order valence-electron chi connectivity index (χ1n) is 3.30. The predicted molar refractivity (Wildman–Crippen MR) is 37.2 cm³/mol. The zero-order valence-corrected chi connectivity index (χ0v) is 5.22. The Morgan fingerprint density at radius 1 is 1.56 bits per heavy atom. The second-order valence-electron chi connectivity index (χ2n) is 2.62. The van der Waals surface area contributed by atoms with Crippen molar-refractivity contribution in [1.82, 2.24) is 4.98 Å². The lowest BCUT2D eigenvalue weighted by Crippen LogP contribution is -1.88. The summed E-state index contributed by atoms with van der Waals surface area (Å²) in [6, 6.07) is 2.08. The molecule has 0 saturated heterocycles. The molecule has 0 amide bonds. The number of H-pyrrole nitrogens is 1. The van der Waals surface area contributed by atoms with Gasteiger partial charge in [0, 0.05) is 6.20 Å². The Morgan fingerprint density at radius 3 is 2.78 bits per heavy atom.